The summed E-state index contributed by atoms with van der Waals surface area (Å²) in [5.74, 6) is 0.397. The summed E-state index contributed by atoms with van der Waals surface area (Å²) >= 11 is 0. The lowest BCUT2D eigenvalue weighted by molar-refractivity contribution is 0.102. The van der Waals surface area contributed by atoms with E-state index in [0.717, 1.165) is 16.7 Å². The van der Waals surface area contributed by atoms with Crippen LogP contribution in [0.1, 0.15) is 16.1 Å². The third kappa shape index (κ3) is 2.74. The van der Waals surface area contributed by atoms with Crippen LogP contribution in [0.25, 0.3) is 16.9 Å². The topological polar surface area (TPSA) is 90.5 Å². The van der Waals surface area contributed by atoms with Gasteiger partial charge in [0.05, 0.1) is 17.6 Å². The highest BCUT2D eigenvalue weighted by atomic mass is 16.1. The molecule has 4 aromatic rings. The van der Waals surface area contributed by atoms with E-state index in [1.165, 1.54) is 0 Å². The van der Waals surface area contributed by atoms with Gasteiger partial charge in [-0.25, -0.2) is 15.0 Å². The Kier molecular flexibility index (Phi) is 3.50. The summed E-state index contributed by atoms with van der Waals surface area (Å²) in [4.78, 5) is 25.1. The molecule has 0 fully saturated rings. The molecule has 1 N–H and O–H groups in total. The van der Waals surface area contributed by atoms with E-state index >= 15 is 0 Å². The van der Waals surface area contributed by atoms with Crippen molar-refractivity contribution in [3.05, 3.63) is 60.6 Å². The Morgan fingerprint density at radius 3 is 2.88 bits per heavy atom. The number of imidazole rings is 1. The summed E-state index contributed by atoms with van der Waals surface area (Å²) in [6.07, 6.45) is 8.28. The zero-order valence-electron chi connectivity index (χ0n) is 13.7. The summed E-state index contributed by atoms with van der Waals surface area (Å²) in [5.41, 5.74) is 2.77. The van der Waals surface area contributed by atoms with Crippen molar-refractivity contribution >= 4 is 22.6 Å². The predicted octanol–water partition coefficient (Wildman–Crippen LogP) is 2.11. The Bertz CT molecular complexity index is 1070. The molecular weight excluding hydrogens is 318 g/mol. The van der Waals surface area contributed by atoms with Gasteiger partial charge < -0.3 is 5.32 Å². The van der Waals surface area contributed by atoms with Crippen LogP contribution in [0, 0.1) is 6.92 Å². The zero-order valence-corrected chi connectivity index (χ0v) is 13.7. The molecule has 8 heteroatoms. The molecule has 0 saturated carbocycles. The van der Waals surface area contributed by atoms with E-state index in [4.69, 9.17) is 0 Å². The largest absolute Gasteiger partial charge is 0.321 e. The number of carbonyl (C=O) groups excluding carboxylic acids is 1. The number of rotatable bonds is 3. The van der Waals surface area contributed by atoms with Crippen molar-refractivity contribution in [1.82, 2.24) is 29.3 Å². The van der Waals surface area contributed by atoms with Gasteiger partial charge in [-0.15, -0.1) is 0 Å². The van der Waals surface area contributed by atoms with E-state index in [2.05, 4.69) is 25.4 Å². The molecule has 124 valence electrons. The Morgan fingerprint density at radius 1 is 1.20 bits per heavy atom. The predicted molar refractivity (Wildman–Crippen MR) is 92.6 cm³/mol. The van der Waals surface area contributed by atoms with E-state index in [9.17, 15) is 4.79 Å². The van der Waals surface area contributed by atoms with Gasteiger partial charge >= 0.3 is 0 Å². The van der Waals surface area contributed by atoms with Crippen molar-refractivity contribution in [2.45, 2.75) is 6.92 Å². The SMILES string of the molecule is Cc1nn(C)c2ncc(NC(=O)c3ccnc(-n4ccnc4)c3)cc12. The molecule has 4 rings (SSSR count). The van der Waals surface area contributed by atoms with Gasteiger partial charge in [0.2, 0.25) is 0 Å². The summed E-state index contributed by atoms with van der Waals surface area (Å²) in [6.45, 7) is 1.91. The van der Waals surface area contributed by atoms with Gasteiger partial charge in [0.25, 0.3) is 5.91 Å². The maximum atomic E-state index is 12.5. The van der Waals surface area contributed by atoms with Gasteiger partial charge in [-0.1, -0.05) is 0 Å². The molecule has 0 saturated heterocycles. The van der Waals surface area contributed by atoms with E-state index in [-0.39, 0.29) is 5.91 Å². The molecule has 0 radical (unpaired) electrons. The van der Waals surface area contributed by atoms with Crippen LogP contribution >= 0.6 is 0 Å². The number of aromatic nitrogens is 6. The van der Waals surface area contributed by atoms with Crippen molar-refractivity contribution in [2.75, 3.05) is 5.32 Å². The van der Waals surface area contributed by atoms with Crippen LogP contribution in [0.4, 0.5) is 5.69 Å². The van der Waals surface area contributed by atoms with E-state index in [1.54, 1.807) is 52.5 Å². The molecule has 0 bridgehead atoms. The second-order valence-corrected chi connectivity index (χ2v) is 5.63. The molecule has 25 heavy (non-hydrogen) atoms. The molecule has 1 amide bonds. The number of amides is 1. The molecule has 0 aliphatic carbocycles. The fraction of sp³-hybridized carbons (Fsp3) is 0.118. The lowest BCUT2D eigenvalue weighted by Crippen LogP contribution is -2.13. The van der Waals surface area contributed by atoms with Crippen molar-refractivity contribution in [3.8, 4) is 5.82 Å². The maximum Gasteiger partial charge on any atom is 0.255 e. The second kappa shape index (κ2) is 5.82. The van der Waals surface area contributed by atoms with Crippen molar-refractivity contribution in [1.29, 1.82) is 0 Å². The number of hydrogen-bond donors (Lipinski definition) is 1. The van der Waals surface area contributed by atoms with Crippen molar-refractivity contribution in [3.63, 3.8) is 0 Å². The minimum atomic E-state index is -0.230. The second-order valence-electron chi connectivity index (χ2n) is 5.63. The lowest BCUT2D eigenvalue weighted by Gasteiger charge is -2.07. The monoisotopic (exact) mass is 333 g/mol. The fourth-order valence-corrected chi connectivity index (χ4v) is 2.67. The van der Waals surface area contributed by atoms with Crippen molar-refractivity contribution in [2.24, 2.45) is 7.05 Å². The van der Waals surface area contributed by atoms with Crippen LogP contribution in [0.5, 0.6) is 0 Å². The van der Waals surface area contributed by atoms with Crippen LogP contribution in [0.15, 0.2) is 49.3 Å². The number of anilines is 1. The van der Waals surface area contributed by atoms with Crippen LogP contribution < -0.4 is 5.32 Å². The Hall–Kier alpha value is -3.55. The third-order valence-corrected chi connectivity index (χ3v) is 3.90. The third-order valence-electron chi connectivity index (χ3n) is 3.90. The zero-order chi connectivity index (χ0) is 17.4. The van der Waals surface area contributed by atoms with Crippen LogP contribution in [0.2, 0.25) is 0 Å². The molecule has 0 spiro atoms. The number of carbonyl (C=O) groups is 1. The average Bonchev–Trinajstić information content (AvgIpc) is 3.24. The van der Waals surface area contributed by atoms with Crippen LogP contribution in [-0.2, 0) is 7.05 Å². The number of fused-ring (bicyclic) bond motifs is 1. The first-order chi connectivity index (χ1) is 12.1. The molecule has 0 aliphatic heterocycles. The summed E-state index contributed by atoms with van der Waals surface area (Å²) < 4.78 is 3.46. The van der Waals surface area contributed by atoms with Gasteiger partial charge in [0, 0.05) is 36.6 Å². The van der Waals surface area contributed by atoms with Gasteiger partial charge in [-0.3, -0.25) is 14.0 Å². The Balaban J connectivity index is 1.62. The standard InChI is InChI=1S/C17H15N7O/c1-11-14-8-13(9-20-16(14)23(2)22-11)21-17(25)12-3-4-19-15(7-12)24-6-5-18-10-24/h3-10H,1-2H3,(H,21,25). The fourth-order valence-electron chi connectivity index (χ4n) is 2.67. The number of pyridine rings is 2. The molecule has 0 atom stereocenters. The molecule has 4 aromatic heterocycles. The number of hydrogen-bond acceptors (Lipinski definition) is 5. The smallest absolute Gasteiger partial charge is 0.255 e. The highest BCUT2D eigenvalue weighted by Crippen LogP contribution is 2.20. The molecule has 8 nitrogen and oxygen atoms in total. The minimum Gasteiger partial charge on any atom is -0.321 e. The number of nitrogens with one attached hydrogen (secondary N) is 1. The van der Waals surface area contributed by atoms with Gasteiger partial charge in [0.1, 0.15) is 12.1 Å². The Morgan fingerprint density at radius 2 is 2.08 bits per heavy atom. The summed E-state index contributed by atoms with van der Waals surface area (Å²) in [6, 6.07) is 5.25. The molecule has 0 unspecified atom stereocenters. The average molecular weight is 333 g/mol. The Labute approximate surface area is 143 Å². The van der Waals surface area contributed by atoms with E-state index < -0.39 is 0 Å². The minimum absolute atomic E-state index is 0.230. The van der Waals surface area contributed by atoms with Gasteiger partial charge in [-0.2, -0.15) is 5.10 Å². The molecule has 4 heterocycles. The number of aryl methyl sites for hydroxylation is 2. The van der Waals surface area contributed by atoms with Crippen LogP contribution in [0.3, 0.4) is 0 Å². The first-order valence-corrected chi connectivity index (χ1v) is 7.67. The normalized spacial score (nSPS) is 11.0. The van der Waals surface area contributed by atoms with Crippen LogP contribution in [-0.4, -0.2) is 35.2 Å². The first kappa shape index (κ1) is 15.0. The van der Waals surface area contributed by atoms with E-state index in [1.807, 2.05) is 20.0 Å². The summed E-state index contributed by atoms with van der Waals surface area (Å²) in [5, 5.41) is 8.11. The highest BCUT2D eigenvalue weighted by Gasteiger charge is 2.11. The highest BCUT2D eigenvalue weighted by molar-refractivity contribution is 6.05. The molecular formula is C17H15N7O. The van der Waals surface area contributed by atoms with E-state index in [0.29, 0.717) is 17.1 Å². The maximum absolute atomic E-state index is 12.5. The van der Waals surface area contributed by atoms with Gasteiger partial charge in [-0.05, 0) is 25.1 Å². The molecule has 0 aliphatic rings. The van der Waals surface area contributed by atoms with Crippen molar-refractivity contribution < 1.29 is 4.79 Å². The molecule has 0 aromatic carbocycles. The number of nitrogens with zero attached hydrogens (tertiary/aromatic N) is 6. The quantitative estimate of drug-likeness (QED) is 0.620. The van der Waals surface area contributed by atoms with Gasteiger partial charge in [0.15, 0.2) is 5.65 Å². The first-order valence-electron chi connectivity index (χ1n) is 7.67. The summed E-state index contributed by atoms with van der Waals surface area (Å²) in [7, 11) is 1.84. The lowest BCUT2D eigenvalue weighted by atomic mass is 10.2.